The van der Waals surface area contributed by atoms with E-state index in [-0.39, 0.29) is 32.4 Å². The van der Waals surface area contributed by atoms with Gasteiger partial charge < -0.3 is 15.4 Å². The van der Waals surface area contributed by atoms with E-state index < -0.39 is 21.5 Å². The Morgan fingerprint density at radius 3 is 1.92 bits per heavy atom. The topological polar surface area (TPSA) is 119 Å². The van der Waals surface area contributed by atoms with Crippen LogP contribution in [0.4, 0.5) is 11.4 Å². The molecule has 0 atom stereocenters. The molecule has 0 fully saturated rings. The van der Waals surface area contributed by atoms with Gasteiger partial charge in [-0.15, -0.1) is 0 Å². The van der Waals surface area contributed by atoms with Crippen LogP contribution in [-0.2, 0) is 9.84 Å². The molecule has 0 saturated heterocycles. The van der Waals surface area contributed by atoms with Gasteiger partial charge in [-0.3, -0.25) is 14.4 Å². The van der Waals surface area contributed by atoms with Crippen molar-refractivity contribution in [3.63, 3.8) is 0 Å². The van der Waals surface area contributed by atoms with Gasteiger partial charge in [0.25, 0.3) is 11.8 Å². The molecule has 0 unspecified atom stereocenters. The monoisotopic (exact) mass is 526 g/mol. The summed E-state index contributed by atoms with van der Waals surface area (Å²) in [7, 11) is -3.96. The molecule has 9 heteroatoms. The molecule has 0 aliphatic carbocycles. The number of rotatable bonds is 6. The molecule has 0 aromatic heterocycles. The van der Waals surface area contributed by atoms with Crippen LogP contribution in [0.3, 0.4) is 0 Å². The van der Waals surface area contributed by atoms with Gasteiger partial charge in [0, 0.05) is 33.6 Å². The van der Waals surface area contributed by atoms with E-state index in [0.717, 1.165) is 0 Å². The van der Waals surface area contributed by atoms with Crippen molar-refractivity contribution in [2.75, 3.05) is 17.2 Å². The van der Waals surface area contributed by atoms with Gasteiger partial charge in [-0.2, -0.15) is 0 Å². The van der Waals surface area contributed by atoms with Crippen molar-refractivity contribution in [3.8, 4) is 5.75 Å². The lowest BCUT2D eigenvalue weighted by atomic mass is 10.0. The summed E-state index contributed by atoms with van der Waals surface area (Å²) in [5.41, 5.74) is 1.63. The van der Waals surface area contributed by atoms with Gasteiger partial charge in [0.1, 0.15) is 5.75 Å². The Labute approximate surface area is 219 Å². The maximum atomic E-state index is 13.1. The molecule has 0 radical (unpaired) electrons. The van der Waals surface area contributed by atoms with Crippen molar-refractivity contribution < 1.29 is 27.5 Å². The van der Waals surface area contributed by atoms with Gasteiger partial charge in [0.05, 0.1) is 16.4 Å². The summed E-state index contributed by atoms with van der Waals surface area (Å²) in [6, 6.07) is 23.3. The van der Waals surface area contributed by atoms with E-state index in [9.17, 15) is 22.8 Å². The third kappa shape index (κ3) is 4.67. The predicted octanol–water partition coefficient (Wildman–Crippen LogP) is 4.97. The van der Waals surface area contributed by atoms with Crippen molar-refractivity contribution in [3.05, 3.63) is 113 Å². The average Bonchev–Trinajstić information content (AvgIpc) is 2.93. The SMILES string of the molecule is CCOc1ccc(NC(=O)c2ccc(NC(=O)c3ccc4c(c3)S(=O)(=O)c3ccccc3C4=O)cc2)cc1. The molecule has 1 heterocycles. The fourth-order valence-electron chi connectivity index (χ4n) is 4.14. The average molecular weight is 527 g/mol. The van der Waals surface area contributed by atoms with Gasteiger partial charge in [0.15, 0.2) is 5.78 Å². The van der Waals surface area contributed by atoms with Crippen LogP contribution >= 0.6 is 0 Å². The van der Waals surface area contributed by atoms with Gasteiger partial charge >= 0.3 is 0 Å². The number of anilines is 2. The molecular formula is C29H22N2O6S. The Kier molecular flexibility index (Phi) is 6.52. The summed E-state index contributed by atoms with van der Waals surface area (Å²) in [5, 5.41) is 5.49. The molecule has 5 rings (SSSR count). The van der Waals surface area contributed by atoms with Crippen LogP contribution in [0.1, 0.15) is 43.6 Å². The standard InChI is InChI=1S/C29H22N2O6S/c1-2-37-22-14-12-21(13-15-22)30-28(33)18-7-10-20(11-8-18)31-29(34)19-9-16-24-26(17-19)38(35,36)25-6-4-3-5-23(25)27(24)32/h3-17H,2H2,1H3,(H,30,33)(H,31,34). The maximum Gasteiger partial charge on any atom is 0.255 e. The van der Waals surface area contributed by atoms with E-state index in [1.54, 1.807) is 60.7 Å². The lowest BCUT2D eigenvalue weighted by Crippen LogP contribution is -2.21. The summed E-state index contributed by atoms with van der Waals surface area (Å²) >= 11 is 0. The lowest BCUT2D eigenvalue weighted by Gasteiger charge is -2.19. The van der Waals surface area contributed by atoms with Crippen LogP contribution in [0.15, 0.2) is 101 Å². The molecule has 2 amide bonds. The van der Waals surface area contributed by atoms with E-state index >= 15 is 0 Å². The smallest absolute Gasteiger partial charge is 0.255 e. The highest BCUT2D eigenvalue weighted by Crippen LogP contribution is 2.35. The summed E-state index contributed by atoms with van der Waals surface area (Å²) in [5.74, 6) is -0.576. The molecule has 1 aliphatic heterocycles. The number of carbonyl (C=O) groups excluding carboxylic acids is 3. The summed E-state index contributed by atoms with van der Waals surface area (Å²) in [6.45, 7) is 2.44. The number of fused-ring (bicyclic) bond motifs is 2. The fraction of sp³-hybridized carbons (Fsp3) is 0.0690. The summed E-state index contributed by atoms with van der Waals surface area (Å²) in [6.07, 6.45) is 0. The van der Waals surface area contributed by atoms with Gasteiger partial charge in [0.2, 0.25) is 9.84 Å². The number of hydrogen-bond donors (Lipinski definition) is 2. The zero-order chi connectivity index (χ0) is 26.9. The number of nitrogens with one attached hydrogen (secondary N) is 2. The van der Waals surface area contributed by atoms with Gasteiger partial charge in [-0.05, 0) is 85.8 Å². The first kappa shape index (κ1) is 24.9. The Bertz CT molecular complexity index is 1680. The molecule has 4 aromatic carbocycles. The largest absolute Gasteiger partial charge is 0.494 e. The first-order chi connectivity index (χ1) is 18.3. The first-order valence-corrected chi connectivity index (χ1v) is 13.2. The highest BCUT2D eigenvalue weighted by molar-refractivity contribution is 7.91. The highest BCUT2D eigenvalue weighted by atomic mass is 32.2. The number of hydrogen-bond acceptors (Lipinski definition) is 6. The number of sulfone groups is 1. The third-order valence-corrected chi connectivity index (χ3v) is 7.88. The minimum atomic E-state index is -3.96. The second-order valence-electron chi connectivity index (χ2n) is 8.48. The quantitative estimate of drug-likeness (QED) is 0.323. The molecule has 0 saturated carbocycles. The Hall–Kier alpha value is -4.76. The van der Waals surface area contributed by atoms with Crippen LogP contribution in [-0.4, -0.2) is 32.6 Å². The van der Waals surface area contributed by atoms with Crippen molar-refractivity contribution in [1.82, 2.24) is 0 Å². The number of benzene rings is 4. The minimum absolute atomic E-state index is 0.0307. The van der Waals surface area contributed by atoms with Crippen LogP contribution in [0, 0.1) is 0 Å². The summed E-state index contributed by atoms with van der Waals surface area (Å²) in [4.78, 5) is 38.0. The Balaban J connectivity index is 1.30. The van der Waals surface area contributed by atoms with Gasteiger partial charge in [-0.1, -0.05) is 12.1 Å². The van der Waals surface area contributed by atoms with E-state index in [1.807, 2.05) is 6.92 Å². The van der Waals surface area contributed by atoms with Crippen molar-refractivity contribution >= 4 is 38.8 Å². The number of ether oxygens (including phenoxy) is 1. The molecule has 1 aliphatic rings. The van der Waals surface area contributed by atoms with Crippen LogP contribution in [0.5, 0.6) is 5.75 Å². The van der Waals surface area contributed by atoms with Crippen LogP contribution < -0.4 is 15.4 Å². The zero-order valence-corrected chi connectivity index (χ0v) is 21.0. The summed E-state index contributed by atoms with van der Waals surface area (Å²) < 4.78 is 31.6. The van der Waals surface area contributed by atoms with Crippen LogP contribution in [0.25, 0.3) is 0 Å². The molecule has 8 nitrogen and oxygen atoms in total. The molecule has 0 bridgehead atoms. The molecule has 38 heavy (non-hydrogen) atoms. The predicted molar refractivity (Wildman–Crippen MR) is 142 cm³/mol. The van der Waals surface area contributed by atoms with Gasteiger partial charge in [-0.25, -0.2) is 8.42 Å². The first-order valence-electron chi connectivity index (χ1n) is 11.8. The fourth-order valence-corrected chi connectivity index (χ4v) is 5.82. The second kappa shape index (κ2) is 9.95. The van der Waals surface area contributed by atoms with Crippen molar-refractivity contribution in [1.29, 1.82) is 0 Å². The zero-order valence-electron chi connectivity index (χ0n) is 20.2. The van der Waals surface area contributed by atoms with E-state index in [0.29, 0.717) is 29.3 Å². The van der Waals surface area contributed by atoms with Crippen LogP contribution in [0.2, 0.25) is 0 Å². The van der Waals surface area contributed by atoms with E-state index in [1.165, 1.54) is 30.3 Å². The third-order valence-electron chi connectivity index (χ3n) is 6.03. The Morgan fingerprint density at radius 1 is 0.711 bits per heavy atom. The minimum Gasteiger partial charge on any atom is -0.494 e. The molecule has 2 N–H and O–H groups in total. The maximum absolute atomic E-state index is 13.1. The molecular weight excluding hydrogens is 504 g/mol. The number of ketones is 1. The number of carbonyl (C=O) groups is 3. The van der Waals surface area contributed by atoms with Crippen molar-refractivity contribution in [2.24, 2.45) is 0 Å². The lowest BCUT2D eigenvalue weighted by molar-refractivity contribution is 0.101. The Morgan fingerprint density at radius 2 is 1.26 bits per heavy atom. The molecule has 190 valence electrons. The van der Waals surface area contributed by atoms with Crippen molar-refractivity contribution in [2.45, 2.75) is 16.7 Å². The molecule has 4 aromatic rings. The second-order valence-corrected chi connectivity index (χ2v) is 10.4. The van der Waals surface area contributed by atoms with E-state index in [4.69, 9.17) is 4.74 Å². The molecule has 0 spiro atoms. The number of amides is 2. The highest BCUT2D eigenvalue weighted by Gasteiger charge is 2.35. The van der Waals surface area contributed by atoms with E-state index in [2.05, 4.69) is 10.6 Å². The normalized spacial score (nSPS) is 13.1.